The van der Waals surface area contributed by atoms with Gasteiger partial charge < -0.3 is 19.3 Å². The number of rotatable bonds is 0. The lowest BCUT2D eigenvalue weighted by Crippen LogP contribution is -2.44. The van der Waals surface area contributed by atoms with Crippen LogP contribution in [-0.4, -0.2) is 42.5 Å². The topological polar surface area (TPSA) is 51.2 Å². The summed E-state index contributed by atoms with van der Waals surface area (Å²) in [6.07, 6.45) is 3.45. The van der Waals surface area contributed by atoms with E-state index in [1.807, 2.05) is 6.07 Å². The van der Waals surface area contributed by atoms with E-state index in [1.165, 1.54) is 5.57 Å². The standard InChI is InChI=1S/C17H19NO4/c1-18-5-4-9-2-3-12-15(16(9)18)10-6-13-14(21-8-20-13)7-11(10)17(19)22-12/h2,6-7,12,15-17,19H,3-5,8H2,1H3/t12-,15-,16-,17+/m0/s1. The number of aliphatic hydroxyl groups is 1. The van der Waals surface area contributed by atoms with E-state index in [-0.39, 0.29) is 18.8 Å². The van der Waals surface area contributed by atoms with Gasteiger partial charge in [-0.2, -0.15) is 0 Å². The fourth-order valence-corrected chi connectivity index (χ4v) is 4.45. The first-order valence-corrected chi connectivity index (χ1v) is 7.88. The zero-order valence-corrected chi connectivity index (χ0v) is 12.5. The summed E-state index contributed by atoms with van der Waals surface area (Å²) >= 11 is 0. The Kier molecular flexibility index (Phi) is 2.63. The minimum absolute atomic E-state index is 0.0252. The van der Waals surface area contributed by atoms with Gasteiger partial charge in [0, 0.05) is 24.1 Å². The zero-order valence-electron chi connectivity index (χ0n) is 12.5. The van der Waals surface area contributed by atoms with Gasteiger partial charge in [-0.25, -0.2) is 0 Å². The quantitative estimate of drug-likeness (QED) is 0.742. The molecule has 1 fully saturated rings. The Hall–Kier alpha value is -1.56. The molecular weight excluding hydrogens is 282 g/mol. The molecule has 0 amide bonds. The van der Waals surface area contributed by atoms with E-state index >= 15 is 0 Å². The van der Waals surface area contributed by atoms with Crippen molar-refractivity contribution in [1.82, 2.24) is 4.90 Å². The Morgan fingerprint density at radius 2 is 1.95 bits per heavy atom. The van der Waals surface area contributed by atoms with Crippen LogP contribution in [-0.2, 0) is 4.74 Å². The fourth-order valence-electron chi connectivity index (χ4n) is 4.45. The van der Waals surface area contributed by atoms with Crippen molar-refractivity contribution in [3.8, 4) is 11.5 Å². The molecule has 5 nitrogen and oxygen atoms in total. The van der Waals surface area contributed by atoms with Crippen LogP contribution in [0.5, 0.6) is 11.5 Å². The average Bonchev–Trinajstić information content (AvgIpc) is 3.12. The maximum atomic E-state index is 10.4. The number of likely N-dealkylation sites (tertiary alicyclic amines) is 1. The van der Waals surface area contributed by atoms with Crippen molar-refractivity contribution in [2.24, 2.45) is 0 Å². The molecular formula is C17H19NO4. The van der Waals surface area contributed by atoms with Gasteiger partial charge in [-0.05, 0) is 37.6 Å². The Balaban J connectivity index is 1.67. The molecule has 0 bridgehead atoms. The number of likely N-dealkylation sites (N-methyl/N-ethyl adjacent to an activating group) is 1. The van der Waals surface area contributed by atoms with E-state index in [9.17, 15) is 5.11 Å². The Morgan fingerprint density at radius 3 is 2.77 bits per heavy atom. The number of fused-ring (bicyclic) bond motifs is 6. The lowest BCUT2D eigenvalue weighted by molar-refractivity contribution is -0.162. The summed E-state index contributed by atoms with van der Waals surface area (Å²) in [5.74, 6) is 1.73. The number of nitrogens with zero attached hydrogens (tertiary/aromatic N) is 1. The maximum Gasteiger partial charge on any atom is 0.231 e. The number of hydrogen-bond donors (Lipinski definition) is 1. The molecule has 1 aromatic rings. The van der Waals surface area contributed by atoms with Crippen LogP contribution in [0.4, 0.5) is 0 Å². The van der Waals surface area contributed by atoms with Crippen LogP contribution in [0.15, 0.2) is 23.8 Å². The molecule has 22 heavy (non-hydrogen) atoms. The SMILES string of the molecule is CN1CCC2=CC[C@@H]3O[C@@H](O)c4cc5c(cc4[C@@H]3[C@H]21)OCO5. The lowest BCUT2D eigenvalue weighted by Gasteiger charge is -2.44. The minimum Gasteiger partial charge on any atom is -0.454 e. The smallest absolute Gasteiger partial charge is 0.231 e. The van der Waals surface area contributed by atoms with E-state index in [4.69, 9.17) is 14.2 Å². The Morgan fingerprint density at radius 1 is 1.18 bits per heavy atom. The van der Waals surface area contributed by atoms with Gasteiger partial charge in [-0.15, -0.1) is 0 Å². The molecule has 4 atom stereocenters. The molecule has 0 unspecified atom stereocenters. The number of benzene rings is 1. The summed E-state index contributed by atoms with van der Waals surface area (Å²) in [5, 5.41) is 10.4. The van der Waals surface area contributed by atoms with Crippen LogP contribution in [0, 0.1) is 0 Å². The van der Waals surface area contributed by atoms with E-state index in [1.54, 1.807) is 0 Å². The first-order chi connectivity index (χ1) is 10.7. The Bertz CT molecular complexity index is 671. The molecule has 5 heteroatoms. The van der Waals surface area contributed by atoms with Crippen molar-refractivity contribution in [1.29, 1.82) is 0 Å². The van der Waals surface area contributed by atoms with Gasteiger partial charge in [0.2, 0.25) is 6.79 Å². The second-order valence-corrected chi connectivity index (χ2v) is 6.58. The van der Waals surface area contributed by atoms with Crippen LogP contribution < -0.4 is 9.47 Å². The molecule has 1 N–H and O–H groups in total. The summed E-state index contributed by atoms with van der Waals surface area (Å²) < 4.78 is 16.9. The van der Waals surface area contributed by atoms with Crippen LogP contribution in [0.2, 0.25) is 0 Å². The van der Waals surface area contributed by atoms with E-state index in [0.29, 0.717) is 11.8 Å². The molecule has 1 aromatic carbocycles. The maximum absolute atomic E-state index is 10.4. The van der Waals surface area contributed by atoms with E-state index < -0.39 is 6.29 Å². The van der Waals surface area contributed by atoms with Gasteiger partial charge in [-0.3, -0.25) is 4.90 Å². The molecule has 1 aliphatic carbocycles. The number of hydrogen-bond acceptors (Lipinski definition) is 5. The summed E-state index contributed by atoms with van der Waals surface area (Å²) in [6.45, 7) is 1.33. The number of aliphatic hydroxyl groups excluding tert-OH is 1. The van der Waals surface area contributed by atoms with Crippen molar-refractivity contribution in [3.63, 3.8) is 0 Å². The number of ether oxygens (including phenoxy) is 3. The van der Waals surface area contributed by atoms with E-state index in [0.717, 1.165) is 36.3 Å². The van der Waals surface area contributed by atoms with Gasteiger partial charge >= 0.3 is 0 Å². The predicted molar refractivity (Wildman–Crippen MR) is 78.9 cm³/mol. The zero-order chi connectivity index (χ0) is 14.8. The first-order valence-electron chi connectivity index (χ1n) is 7.88. The molecule has 0 spiro atoms. The van der Waals surface area contributed by atoms with Crippen LogP contribution >= 0.6 is 0 Å². The highest BCUT2D eigenvalue weighted by Crippen LogP contribution is 2.50. The largest absolute Gasteiger partial charge is 0.454 e. The Labute approximate surface area is 129 Å². The molecule has 5 rings (SSSR count). The van der Waals surface area contributed by atoms with Gasteiger partial charge in [0.1, 0.15) is 0 Å². The van der Waals surface area contributed by atoms with Crippen LogP contribution in [0.25, 0.3) is 0 Å². The van der Waals surface area contributed by atoms with Crippen molar-refractivity contribution in [3.05, 3.63) is 34.9 Å². The summed E-state index contributed by atoms with van der Waals surface area (Å²) in [6, 6.07) is 4.30. The average molecular weight is 301 g/mol. The summed E-state index contributed by atoms with van der Waals surface area (Å²) in [5.41, 5.74) is 3.48. The molecule has 0 aromatic heterocycles. The van der Waals surface area contributed by atoms with Crippen LogP contribution in [0.1, 0.15) is 36.2 Å². The monoisotopic (exact) mass is 301 g/mol. The van der Waals surface area contributed by atoms with Gasteiger partial charge in [0.05, 0.1) is 6.10 Å². The highest BCUT2D eigenvalue weighted by Gasteiger charge is 2.46. The summed E-state index contributed by atoms with van der Waals surface area (Å²) in [7, 11) is 2.17. The van der Waals surface area contributed by atoms with Gasteiger partial charge in [0.15, 0.2) is 17.8 Å². The predicted octanol–water partition coefficient (Wildman–Crippen LogP) is 1.92. The van der Waals surface area contributed by atoms with Gasteiger partial charge in [-0.1, -0.05) is 11.6 Å². The van der Waals surface area contributed by atoms with Crippen LogP contribution in [0.3, 0.4) is 0 Å². The molecule has 1 saturated heterocycles. The molecule has 0 radical (unpaired) electrons. The van der Waals surface area contributed by atoms with E-state index in [2.05, 4.69) is 24.1 Å². The molecule has 0 saturated carbocycles. The van der Waals surface area contributed by atoms with Crippen molar-refractivity contribution < 1.29 is 19.3 Å². The third-order valence-electron chi connectivity index (χ3n) is 5.47. The molecule has 116 valence electrons. The highest BCUT2D eigenvalue weighted by molar-refractivity contribution is 5.52. The lowest BCUT2D eigenvalue weighted by atomic mass is 9.74. The molecule has 4 aliphatic rings. The summed E-state index contributed by atoms with van der Waals surface area (Å²) in [4.78, 5) is 2.40. The second kappa shape index (κ2) is 4.47. The second-order valence-electron chi connectivity index (χ2n) is 6.58. The van der Waals surface area contributed by atoms with Crippen molar-refractivity contribution >= 4 is 0 Å². The van der Waals surface area contributed by atoms with Crippen molar-refractivity contribution in [2.45, 2.75) is 37.2 Å². The molecule has 3 heterocycles. The van der Waals surface area contributed by atoms with Gasteiger partial charge in [0.25, 0.3) is 0 Å². The third kappa shape index (κ3) is 1.64. The van der Waals surface area contributed by atoms with Crippen molar-refractivity contribution in [2.75, 3.05) is 20.4 Å². The fraction of sp³-hybridized carbons (Fsp3) is 0.529. The third-order valence-corrected chi connectivity index (χ3v) is 5.47. The normalized spacial score (nSPS) is 35.6. The molecule has 3 aliphatic heterocycles. The highest BCUT2D eigenvalue weighted by atomic mass is 16.7. The first kappa shape index (κ1) is 12.9. The minimum atomic E-state index is -0.882.